The number of rotatable bonds is 8. The molecule has 0 heterocycles. The van der Waals surface area contributed by atoms with Crippen LogP contribution in [0.2, 0.25) is 0 Å². The molecule has 0 bridgehead atoms. The second-order valence-electron chi connectivity index (χ2n) is 3.67. The van der Waals surface area contributed by atoms with E-state index in [2.05, 4.69) is 18.6 Å². The van der Waals surface area contributed by atoms with Crippen molar-refractivity contribution in [2.24, 2.45) is 11.1 Å². The van der Waals surface area contributed by atoms with Gasteiger partial charge in [-0.3, -0.25) is 0 Å². The molecular formula is C9H22N2O2S. The summed E-state index contributed by atoms with van der Waals surface area (Å²) in [7, 11) is -3.50. The first-order chi connectivity index (χ1) is 6.49. The van der Waals surface area contributed by atoms with Gasteiger partial charge in [-0.05, 0) is 12.3 Å². The molecule has 0 unspecified atom stereocenters. The van der Waals surface area contributed by atoms with Crippen LogP contribution < -0.4 is 9.86 Å². The Morgan fingerprint density at radius 3 is 2.00 bits per heavy atom. The number of nitrogens with one attached hydrogen (secondary N) is 1. The van der Waals surface area contributed by atoms with E-state index in [0.717, 1.165) is 19.3 Å². The molecule has 0 aromatic heterocycles. The van der Waals surface area contributed by atoms with Crippen LogP contribution in [0.4, 0.5) is 0 Å². The molecule has 0 rings (SSSR count). The van der Waals surface area contributed by atoms with Crippen LogP contribution in [-0.4, -0.2) is 15.0 Å². The topological polar surface area (TPSA) is 72.2 Å². The van der Waals surface area contributed by atoms with Gasteiger partial charge in [0.05, 0.1) is 0 Å². The highest BCUT2D eigenvalue weighted by Gasteiger charge is 2.08. The van der Waals surface area contributed by atoms with E-state index < -0.39 is 10.2 Å². The Hall–Kier alpha value is -0.130. The highest BCUT2D eigenvalue weighted by molar-refractivity contribution is 7.87. The summed E-state index contributed by atoms with van der Waals surface area (Å²) >= 11 is 0. The monoisotopic (exact) mass is 222 g/mol. The van der Waals surface area contributed by atoms with Gasteiger partial charge >= 0.3 is 0 Å². The number of nitrogens with two attached hydrogens (primary N) is 1. The molecule has 0 radical (unpaired) electrons. The van der Waals surface area contributed by atoms with Crippen molar-refractivity contribution >= 4 is 10.2 Å². The molecule has 0 aliphatic heterocycles. The van der Waals surface area contributed by atoms with Crippen LogP contribution in [0.25, 0.3) is 0 Å². The van der Waals surface area contributed by atoms with Crippen LogP contribution in [0.1, 0.15) is 46.0 Å². The average Bonchev–Trinajstić information content (AvgIpc) is 2.02. The Bertz CT molecular complexity index is 221. The van der Waals surface area contributed by atoms with Crippen LogP contribution in [0, 0.1) is 5.92 Å². The number of hydrogen-bond donors (Lipinski definition) is 2. The Kier molecular flexibility index (Phi) is 7.13. The van der Waals surface area contributed by atoms with Crippen molar-refractivity contribution in [2.75, 3.05) is 6.54 Å². The van der Waals surface area contributed by atoms with Gasteiger partial charge in [-0.1, -0.05) is 39.5 Å². The maximum atomic E-state index is 10.6. The van der Waals surface area contributed by atoms with Gasteiger partial charge in [-0.25, -0.2) is 9.86 Å². The lowest BCUT2D eigenvalue weighted by molar-refractivity contribution is 0.410. The SMILES string of the molecule is CCCC(CCC)CCNS(N)(=O)=O. The molecule has 5 heteroatoms. The zero-order valence-corrected chi connectivity index (χ0v) is 9.94. The van der Waals surface area contributed by atoms with E-state index in [4.69, 9.17) is 5.14 Å². The highest BCUT2D eigenvalue weighted by atomic mass is 32.2. The van der Waals surface area contributed by atoms with Crippen molar-refractivity contribution in [2.45, 2.75) is 46.0 Å². The fourth-order valence-electron chi connectivity index (χ4n) is 1.65. The summed E-state index contributed by atoms with van der Waals surface area (Å²) in [5.74, 6) is 0.624. The third-order valence-corrected chi connectivity index (χ3v) is 2.86. The van der Waals surface area contributed by atoms with Crippen molar-refractivity contribution in [3.8, 4) is 0 Å². The molecule has 0 aliphatic carbocycles. The molecule has 0 aromatic carbocycles. The Morgan fingerprint density at radius 2 is 1.64 bits per heavy atom. The van der Waals surface area contributed by atoms with Gasteiger partial charge in [0.25, 0.3) is 10.2 Å². The number of hydrogen-bond acceptors (Lipinski definition) is 2. The van der Waals surface area contributed by atoms with E-state index in [1.54, 1.807) is 0 Å². The summed E-state index contributed by atoms with van der Waals surface area (Å²) in [6.45, 7) is 4.76. The Morgan fingerprint density at radius 1 is 1.14 bits per heavy atom. The van der Waals surface area contributed by atoms with Gasteiger partial charge in [0.15, 0.2) is 0 Å². The lowest BCUT2D eigenvalue weighted by atomic mass is 9.95. The van der Waals surface area contributed by atoms with Crippen LogP contribution >= 0.6 is 0 Å². The van der Waals surface area contributed by atoms with Gasteiger partial charge in [-0.15, -0.1) is 0 Å². The van der Waals surface area contributed by atoms with Crippen molar-refractivity contribution in [1.29, 1.82) is 0 Å². The van der Waals surface area contributed by atoms with Gasteiger partial charge in [0.2, 0.25) is 0 Å². The molecule has 0 saturated carbocycles. The predicted molar refractivity (Wildman–Crippen MR) is 59.0 cm³/mol. The van der Waals surface area contributed by atoms with E-state index in [0.29, 0.717) is 12.5 Å². The van der Waals surface area contributed by atoms with E-state index in [9.17, 15) is 8.42 Å². The summed E-state index contributed by atoms with van der Waals surface area (Å²) in [6, 6.07) is 0. The largest absolute Gasteiger partial charge is 0.274 e. The van der Waals surface area contributed by atoms with Crippen molar-refractivity contribution in [3.05, 3.63) is 0 Å². The normalized spacial score (nSPS) is 12.3. The van der Waals surface area contributed by atoms with Crippen LogP contribution in [0.5, 0.6) is 0 Å². The second-order valence-corrected chi connectivity index (χ2v) is 5.05. The minimum atomic E-state index is -3.50. The molecule has 0 spiro atoms. The molecule has 0 aromatic rings. The van der Waals surface area contributed by atoms with E-state index in [1.165, 1.54) is 12.8 Å². The summed E-state index contributed by atoms with van der Waals surface area (Å²) in [5.41, 5.74) is 0. The summed E-state index contributed by atoms with van der Waals surface area (Å²) in [4.78, 5) is 0. The molecule has 0 atom stereocenters. The van der Waals surface area contributed by atoms with Crippen molar-refractivity contribution < 1.29 is 8.42 Å². The molecule has 0 fully saturated rings. The van der Waals surface area contributed by atoms with Crippen molar-refractivity contribution in [3.63, 3.8) is 0 Å². The summed E-state index contributed by atoms with van der Waals surface area (Å²) in [6.07, 6.45) is 5.53. The first-order valence-corrected chi connectivity index (χ1v) is 6.81. The predicted octanol–water partition coefficient (Wildman–Crippen LogP) is 1.39. The third-order valence-electron chi connectivity index (χ3n) is 2.25. The molecular weight excluding hydrogens is 200 g/mol. The smallest absolute Gasteiger partial charge is 0.216 e. The molecule has 0 saturated heterocycles. The lowest BCUT2D eigenvalue weighted by Gasteiger charge is -2.14. The van der Waals surface area contributed by atoms with E-state index in [-0.39, 0.29) is 0 Å². The molecule has 3 N–H and O–H groups in total. The maximum absolute atomic E-state index is 10.6. The summed E-state index contributed by atoms with van der Waals surface area (Å²) < 4.78 is 23.5. The second kappa shape index (κ2) is 7.20. The minimum Gasteiger partial charge on any atom is -0.216 e. The fourth-order valence-corrected chi connectivity index (χ4v) is 2.06. The van der Waals surface area contributed by atoms with Crippen LogP contribution in [0.15, 0.2) is 0 Å². The van der Waals surface area contributed by atoms with Gasteiger partial charge in [0.1, 0.15) is 0 Å². The standard InChI is InChI=1S/C9H22N2O2S/c1-3-5-9(6-4-2)7-8-11-14(10,12)13/h9,11H,3-8H2,1-2H3,(H2,10,12,13). The van der Waals surface area contributed by atoms with Gasteiger partial charge in [0, 0.05) is 6.54 Å². The Labute approximate surface area is 87.4 Å². The first kappa shape index (κ1) is 13.9. The molecule has 14 heavy (non-hydrogen) atoms. The fraction of sp³-hybridized carbons (Fsp3) is 1.00. The molecule has 0 aliphatic rings. The van der Waals surface area contributed by atoms with Gasteiger partial charge in [-0.2, -0.15) is 8.42 Å². The quantitative estimate of drug-likeness (QED) is 0.651. The summed E-state index contributed by atoms with van der Waals surface area (Å²) in [5, 5.41) is 4.83. The molecule has 4 nitrogen and oxygen atoms in total. The van der Waals surface area contributed by atoms with E-state index >= 15 is 0 Å². The third kappa shape index (κ3) is 8.47. The van der Waals surface area contributed by atoms with E-state index in [1.807, 2.05) is 0 Å². The zero-order valence-electron chi connectivity index (χ0n) is 9.12. The maximum Gasteiger partial charge on any atom is 0.274 e. The minimum absolute atomic E-state index is 0.462. The highest BCUT2D eigenvalue weighted by Crippen LogP contribution is 2.16. The van der Waals surface area contributed by atoms with Crippen molar-refractivity contribution in [1.82, 2.24) is 4.72 Å². The Balaban J connectivity index is 3.70. The molecule has 0 amide bonds. The van der Waals surface area contributed by atoms with Gasteiger partial charge < -0.3 is 0 Å². The van der Waals surface area contributed by atoms with Crippen LogP contribution in [-0.2, 0) is 10.2 Å². The van der Waals surface area contributed by atoms with Crippen LogP contribution in [0.3, 0.4) is 0 Å². The zero-order chi connectivity index (χ0) is 11.0. The molecule has 86 valence electrons. The average molecular weight is 222 g/mol. The lowest BCUT2D eigenvalue weighted by Crippen LogP contribution is -2.32. The first-order valence-electron chi connectivity index (χ1n) is 5.27.